The summed E-state index contributed by atoms with van der Waals surface area (Å²) in [7, 11) is 0. The average Bonchev–Trinajstić information content (AvgIpc) is 2.76. The van der Waals surface area contributed by atoms with Gasteiger partial charge in [-0.15, -0.1) is 0 Å². The number of hydrogen-bond acceptors (Lipinski definition) is 3. The Balaban J connectivity index is 1.63. The Hall–Kier alpha value is -2.66. The molecular weight excluding hydrogens is 350 g/mol. The average molecular weight is 380 g/mol. The summed E-state index contributed by atoms with van der Waals surface area (Å²) in [6, 6.07) is 19.5. The van der Waals surface area contributed by atoms with Gasteiger partial charge >= 0.3 is 0 Å². The molecule has 1 atom stereocenters. The fraction of sp³-hybridized carbons (Fsp3) is 0.391. The number of carbonyl (C=O) groups is 2. The van der Waals surface area contributed by atoms with Crippen molar-refractivity contribution in [3.8, 4) is 0 Å². The van der Waals surface area contributed by atoms with Gasteiger partial charge in [0.05, 0.1) is 0 Å². The number of rotatable bonds is 2. The molecule has 1 aliphatic heterocycles. The fourth-order valence-electron chi connectivity index (χ4n) is 3.53. The third kappa shape index (κ3) is 5.92. The SMILES string of the molecule is O=C1CC(c2ccccc2)NCCCCN(C(=O)c2ccccc2)CCCN1. The van der Waals surface area contributed by atoms with Crippen LogP contribution in [0.25, 0.3) is 0 Å². The van der Waals surface area contributed by atoms with Crippen LogP contribution in [0.2, 0.25) is 0 Å². The third-order valence-electron chi connectivity index (χ3n) is 5.07. The number of carbonyl (C=O) groups excluding carboxylic acids is 2. The number of amides is 2. The molecule has 0 radical (unpaired) electrons. The van der Waals surface area contributed by atoms with Crippen molar-refractivity contribution in [3.05, 3.63) is 71.8 Å². The normalized spacial score (nSPS) is 19.6. The molecule has 148 valence electrons. The molecule has 2 N–H and O–H groups in total. The molecule has 0 aliphatic carbocycles. The lowest BCUT2D eigenvalue weighted by Crippen LogP contribution is -2.35. The summed E-state index contributed by atoms with van der Waals surface area (Å²) in [5, 5.41) is 6.52. The van der Waals surface area contributed by atoms with E-state index in [9.17, 15) is 9.59 Å². The second-order valence-corrected chi connectivity index (χ2v) is 7.19. The Morgan fingerprint density at radius 1 is 0.857 bits per heavy atom. The molecule has 1 heterocycles. The summed E-state index contributed by atoms with van der Waals surface area (Å²) in [6.07, 6.45) is 3.09. The Morgan fingerprint density at radius 3 is 2.29 bits per heavy atom. The van der Waals surface area contributed by atoms with Gasteiger partial charge in [-0.2, -0.15) is 0 Å². The van der Waals surface area contributed by atoms with E-state index < -0.39 is 0 Å². The molecule has 5 nitrogen and oxygen atoms in total. The highest BCUT2D eigenvalue weighted by atomic mass is 16.2. The van der Waals surface area contributed by atoms with Crippen molar-refractivity contribution in [2.24, 2.45) is 0 Å². The van der Waals surface area contributed by atoms with Crippen molar-refractivity contribution < 1.29 is 9.59 Å². The lowest BCUT2D eigenvalue weighted by molar-refractivity contribution is -0.121. The van der Waals surface area contributed by atoms with Crippen LogP contribution in [0.5, 0.6) is 0 Å². The van der Waals surface area contributed by atoms with Crippen molar-refractivity contribution >= 4 is 11.8 Å². The van der Waals surface area contributed by atoms with Crippen LogP contribution >= 0.6 is 0 Å². The van der Waals surface area contributed by atoms with Crippen LogP contribution in [0.15, 0.2) is 60.7 Å². The molecule has 1 unspecified atom stereocenters. The molecule has 0 saturated carbocycles. The molecule has 0 spiro atoms. The zero-order valence-electron chi connectivity index (χ0n) is 16.3. The van der Waals surface area contributed by atoms with Crippen LogP contribution in [0.4, 0.5) is 0 Å². The monoisotopic (exact) mass is 379 g/mol. The van der Waals surface area contributed by atoms with Gasteiger partial charge in [-0.25, -0.2) is 0 Å². The van der Waals surface area contributed by atoms with Crippen LogP contribution in [0, 0.1) is 0 Å². The van der Waals surface area contributed by atoms with E-state index >= 15 is 0 Å². The van der Waals surface area contributed by atoms with Crippen molar-refractivity contribution in [2.75, 3.05) is 26.2 Å². The van der Waals surface area contributed by atoms with E-state index in [0.29, 0.717) is 19.5 Å². The molecule has 1 saturated heterocycles. The second-order valence-electron chi connectivity index (χ2n) is 7.19. The number of nitrogens with zero attached hydrogens (tertiary/aromatic N) is 1. The van der Waals surface area contributed by atoms with Crippen LogP contribution in [-0.4, -0.2) is 42.9 Å². The minimum Gasteiger partial charge on any atom is -0.356 e. The van der Waals surface area contributed by atoms with Gasteiger partial charge in [0.15, 0.2) is 0 Å². The van der Waals surface area contributed by atoms with E-state index in [1.165, 1.54) is 0 Å². The Bertz CT molecular complexity index is 749. The first-order valence-corrected chi connectivity index (χ1v) is 10.1. The Labute approximate surface area is 167 Å². The van der Waals surface area contributed by atoms with Crippen molar-refractivity contribution in [3.63, 3.8) is 0 Å². The minimum absolute atomic E-state index is 0.0176. The van der Waals surface area contributed by atoms with Gasteiger partial charge in [-0.3, -0.25) is 9.59 Å². The number of nitrogens with one attached hydrogen (secondary N) is 2. The van der Waals surface area contributed by atoms with Crippen LogP contribution in [0.1, 0.15) is 47.6 Å². The molecule has 28 heavy (non-hydrogen) atoms. The van der Waals surface area contributed by atoms with E-state index in [1.54, 1.807) is 0 Å². The molecule has 0 bridgehead atoms. The quantitative estimate of drug-likeness (QED) is 0.843. The summed E-state index contributed by atoms with van der Waals surface area (Å²) in [5.41, 5.74) is 1.85. The standard InChI is InChI=1S/C23H29N3O2/c27-22-18-21(19-10-3-1-4-11-19)24-14-7-8-16-26(17-9-15-25-22)23(28)20-12-5-2-6-13-20/h1-6,10-13,21,24H,7-9,14-18H2,(H,25,27). The summed E-state index contributed by atoms with van der Waals surface area (Å²) >= 11 is 0. The zero-order chi connectivity index (χ0) is 19.6. The molecule has 2 amide bonds. The van der Waals surface area contributed by atoms with Gasteiger partial charge in [0, 0.05) is 37.7 Å². The fourth-order valence-corrected chi connectivity index (χ4v) is 3.53. The third-order valence-corrected chi connectivity index (χ3v) is 5.07. The predicted octanol–water partition coefficient (Wildman–Crippen LogP) is 3.15. The van der Waals surface area contributed by atoms with E-state index in [2.05, 4.69) is 22.8 Å². The molecule has 1 fully saturated rings. The summed E-state index contributed by atoms with van der Waals surface area (Å²) < 4.78 is 0. The molecule has 2 aromatic rings. The predicted molar refractivity (Wildman–Crippen MR) is 111 cm³/mol. The van der Waals surface area contributed by atoms with Crippen molar-refractivity contribution in [1.29, 1.82) is 0 Å². The maximum absolute atomic E-state index is 12.8. The Kier molecular flexibility index (Phi) is 7.62. The van der Waals surface area contributed by atoms with E-state index in [-0.39, 0.29) is 17.9 Å². The smallest absolute Gasteiger partial charge is 0.253 e. The van der Waals surface area contributed by atoms with Crippen molar-refractivity contribution in [1.82, 2.24) is 15.5 Å². The lowest BCUT2D eigenvalue weighted by Gasteiger charge is -2.23. The molecule has 1 aliphatic rings. The molecular formula is C23H29N3O2. The zero-order valence-corrected chi connectivity index (χ0v) is 16.3. The highest BCUT2D eigenvalue weighted by Crippen LogP contribution is 2.17. The van der Waals surface area contributed by atoms with Crippen LogP contribution < -0.4 is 10.6 Å². The summed E-state index contributed by atoms with van der Waals surface area (Å²) in [5.74, 6) is 0.110. The minimum atomic E-state index is 0.0176. The summed E-state index contributed by atoms with van der Waals surface area (Å²) in [6.45, 7) is 2.79. The topological polar surface area (TPSA) is 61.4 Å². The highest BCUT2D eigenvalue weighted by Gasteiger charge is 2.18. The first-order valence-electron chi connectivity index (χ1n) is 10.1. The molecule has 5 heteroatoms. The van der Waals surface area contributed by atoms with Gasteiger partial charge in [0.25, 0.3) is 5.91 Å². The van der Waals surface area contributed by atoms with Gasteiger partial charge in [0.1, 0.15) is 0 Å². The number of benzene rings is 2. The van der Waals surface area contributed by atoms with Crippen LogP contribution in [0.3, 0.4) is 0 Å². The molecule has 3 rings (SSSR count). The van der Waals surface area contributed by atoms with E-state index in [4.69, 9.17) is 0 Å². The lowest BCUT2D eigenvalue weighted by atomic mass is 10.0. The van der Waals surface area contributed by atoms with Gasteiger partial charge in [0.2, 0.25) is 5.91 Å². The first-order chi connectivity index (χ1) is 13.7. The van der Waals surface area contributed by atoms with Gasteiger partial charge in [-0.1, -0.05) is 48.5 Å². The first kappa shape index (κ1) is 20.1. The van der Waals surface area contributed by atoms with Gasteiger partial charge < -0.3 is 15.5 Å². The van der Waals surface area contributed by atoms with Crippen LogP contribution in [-0.2, 0) is 4.79 Å². The van der Waals surface area contributed by atoms with E-state index in [1.807, 2.05) is 53.4 Å². The van der Waals surface area contributed by atoms with Gasteiger partial charge in [-0.05, 0) is 43.5 Å². The van der Waals surface area contributed by atoms with Crippen molar-refractivity contribution in [2.45, 2.75) is 31.7 Å². The largest absolute Gasteiger partial charge is 0.356 e. The van der Waals surface area contributed by atoms with E-state index in [0.717, 1.165) is 43.5 Å². The second kappa shape index (κ2) is 10.6. The molecule has 2 aromatic carbocycles. The highest BCUT2D eigenvalue weighted by molar-refractivity contribution is 5.94. The Morgan fingerprint density at radius 2 is 1.54 bits per heavy atom. The maximum atomic E-state index is 12.8. The molecule has 0 aromatic heterocycles. The maximum Gasteiger partial charge on any atom is 0.253 e. The summed E-state index contributed by atoms with van der Waals surface area (Å²) in [4.78, 5) is 27.1. The number of hydrogen-bond donors (Lipinski definition) is 2.